The van der Waals surface area contributed by atoms with E-state index in [0.29, 0.717) is 0 Å². The number of para-hydroxylation sites is 2. The van der Waals surface area contributed by atoms with Crippen molar-refractivity contribution >= 4 is 11.0 Å². The molecule has 1 N–H and O–H groups in total. The number of nitrogens with zero attached hydrogens (tertiary/aromatic N) is 1. The van der Waals surface area contributed by atoms with Crippen molar-refractivity contribution in [1.29, 1.82) is 0 Å². The molecule has 0 bridgehead atoms. The Kier molecular flexibility index (Phi) is 3.29. The Morgan fingerprint density at radius 3 is 2.40 bits per heavy atom. The topological polar surface area (TPSA) is 47.1 Å². The van der Waals surface area contributed by atoms with Gasteiger partial charge >= 0.3 is 0 Å². The van der Waals surface area contributed by atoms with Crippen LogP contribution in [-0.2, 0) is 0 Å². The second-order valence-electron chi connectivity index (χ2n) is 4.57. The summed E-state index contributed by atoms with van der Waals surface area (Å²) in [6.07, 6.45) is -0.143. The van der Waals surface area contributed by atoms with Gasteiger partial charge in [-0.2, -0.15) is 0 Å². The lowest BCUT2D eigenvalue weighted by Crippen LogP contribution is -2.04. The smallest absolute Gasteiger partial charge is 0.153 e. The van der Waals surface area contributed by atoms with Crippen molar-refractivity contribution in [3.05, 3.63) is 54.4 Å². The predicted octanol–water partition coefficient (Wildman–Crippen LogP) is 3.71. The maximum atomic E-state index is 5.88. The second kappa shape index (κ2) is 5.25. The number of methoxy groups -OCH3 is 1. The first-order chi connectivity index (χ1) is 9.76. The molecule has 0 spiro atoms. The molecule has 0 unspecified atom stereocenters. The van der Waals surface area contributed by atoms with Gasteiger partial charge in [-0.3, -0.25) is 0 Å². The number of hydrogen-bond donors (Lipinski definition) is 1. The Bertz CT molecular complexity index is 671. The summed E-state index contributed by atoms with van der Waals surface area (Å²) < 4.78 is 11.0. The molecule has 102 valence electrons. The van der Waals surface area contributed by atoms with E-state index in [1.807, 2.05) is 55.5 Å². The summed E-state index contributed by atoms with van der Waals surface area (Å²) in [5, 5.41) is 0. The molecule has 20 heavy (non-hydrogen) atoms. The van der Waals surface area contributed by atoms with Crippen molar-refractivity contribution in [2.75, 3.05) is 7.11 Å². The largest absolute Gasteiger partial charge is 0.497 e. The van der Waals surface area contributed by atoms with E-state index in [4.69, 9.17) is 9.47 Å². The number of rotatable bonds is 4. The summed E-state index contributed by atoms with van der Waals surface area (Å²) in [7, 11) is 1.65. The van der Waals surface area contributed by atoms with Crippen LogP contribution in [0.4, 0.5) is 0 Å². The van der Waals surface area contributed by atoms with E-state index < -0.39 is 0 Å². The highest BCUT2D eigenvalue weighted by molar-refractivity contribution is 5.74. The molecule has 0 amide bonds. The summed E-state index contributed by atoms with van der Waals surface area (Å²) in [4.78, 5) is 7.81. The van der Waals surface area contributed by atoms with Gasteiger partial charge in [0.05, 0.1) is 18.1 Å². The number of ether oxygens (including phenoxy) is 2. The first-order valence-corrected chi connectivity index (χ1v) is 6.51. The molecule has 3 rings (SSSR count). The van der Waals surface area contributed by atoms with Crippen molar-refractivity contribution < 1.29 is 9.47 Å². The standard InChI is InChI=1S/C16H16N2O2/c1-11(20-13-9-7-12(19-2)8-10-13)16-17-14-5-3-4-6-15(14)18-16/h3-11H,1-2H3,(H,17,18)/t11-/m1/s1. The summed E-state index contributed by atoms with van der Waals surface area (Å²) >= 11 is 0. The zero-order valence-electron chi connectivity index (χ0n) is 11.5. The minimum Gasteiger partial charge on any atom is -0.497 e. The highest BCUT2D eigenvalue weighted by Gasteiger charge is 2.12. The van der Waals surface area contributed by atoms with Crippen molar-refractivity contribution in [2.24, 2.45) is 0 Å². The lowest BCUT2D eigenvalue weighted by Gasteiger charge is -2.12. The maximum absolute atomic E-state index is 5.88. The molecule has 0 fully saturated rings. The Balaban J connectivity index is 1.79. The van der Waals surface area contributed by atoms with E-state index in [9.17, 15) is 0 Å². The van der Waals surface area contributed by atoms with Crippen LogP contribution in [0.1, 0.15) is 18.9 Å². The van der Waals surface area contributed by atoms with Crippen molar-refractivity contribution in [3.8, 4) is 11.5 Å². The van der Waals surface area contributed by atoms with E-state index in [1.54, 1.807) is 7.11 Å². The SMILES string of the molecule is COc1ccc(O[C@H](C)c2nc3ccccc3[nH]2)cc1. The third kappa shape index (κ3) is 2.45. The fourth-order valence-corrected chi connectivity index (χ4v) is 2.08. The molecule has 0 aliphatic carbocycles. The summed E-state index contributed by atoms with van der Waals surface area (Å²) in [6, 6.07) is 15.5. The molecule has 0 saturated carbocycles. The number of hydrogen-bond acceptors (Lipinski definition) is 3. The second-order valence-corrected chi connectivity index (χ2v) is 4.57. The average Bonchev–Trinajstić information content (AvgIpc) is 2.92. The van der Waals surface area contributed by atoms with Gasteiger partial charge < -0.3 is 14.5 Å². The number of imidazole rings is 1. The zero-order chi connectivity index (χ0) is 13.9. The summed E-state index contributed by atoms with van der Waals surface area (Å²) in [5.74, 6) is 2.43. The van der Waals surface area contributed by atoms with Crippen LogP contribution in [0.25, 0.3) is 11.0 Å². The quantitative estimate of drug-likeness (QED) is 0.784. The minimum atomic E-state index is -0.143. The highest BCUT2D eigenvalue weighted by Crippen LogP contribution is 2.23. The Hall–Kier alpha value is -2.49. The van der Waals surface area contributed by atoms with Gasteiger partial charge in [-0.15, -0.1) is 0 Å². The van der Waals surface area contributed by atoms with E-state index in [-0.39, 0.29) is 6.10 Å². The van der Waals surface area contributed by atoms with Crippen LogP contribution in [0.2, 0.25) is 0 Å². The van der Waals surface area contributed by atoms with Crippen molar-refractivity contribution in [3.63, 3.8) is 0 Å². The lowest BCUT2D eigenvalue weighted by molar-refractivity contribution is 0.217. The van der Waals surface area contributed by atoms with Gasteiger partial charge in [-0.1, -0.05) is 12.1 Å². The molecule has 1 heterocycles. The van der Waals surface area contributed by atoms with E-state index in [2.05, 4.69) is 9.97 Å². The van der Waals surface area contributed by atoms with Crippen LogP contribution in [-0.4, -0.2) is 17.1 Å². The van der Waals surface area contributed by atoms with Crippen LogP contribution in [0.3, 0.4) is 0 Å². The third-order valence-corrected chi connectivity index (χ3v) is 3.17. The Labute approximate surface area is 117 Å². The Morgan fingerprint density at radius 1 is 1.00 bits per heavy atom. The van der Waals surface area contributed by atoms with Crippen LogP contribution in [0, 0.1) is 0 Å². The van der Waals surface area contributed by atoms with Gasteiger partial charge in [0.2, 0.25) is 0 Å². The molecule has 3 aromatic rings. The molecule has 1 atom stereocenters. The number of H-pyrrole nitrogens is 1. The molecular formula is C16H16N2O2. The van der Waals surface area contributed by atoms with Gasteiger partial charge in [0.25, 0.3) is 0 Å². The number of aromatic nitrogens is 2. The number of benzene rings is 2. The summed E-state index contributed by atoms with van der Waals surface area (Å²) in [5.41, 5.74) is 1.97. The number of nitrogens with one attached hydrogen (secondary N) is 1. The molecule has 0 saturated heterocycles. The monoisotopic (exact) mass is 268 g/mol. The zero-order valence-corrected chi connectivity index (χ0v) is 11.5. The third-order valence-electron chi connectivity index (χ3n) is 3.17. The molecule has 4 heteroatoms. The Morgan fingerprint density at radius 2 is 1.70 bits per heavy atom. The van der Waals surface area contributed by atoms with Gasteiger partial charge in [0.1, 0.15) is 17.3 Å². The van der Waals surface area contributed by atoms with Crippen LogP contribution >= 0.6 is 0 Å². The normalized spacial score (nSPS) is 12.3. The maximum Gasteiger partial charge on any atom is 0.153 e. The van der Waals surface area contributed by atoms with Gasteiger partial charge in [-0.05, 0) is 43.3 Å². The first-order valence-electron chi connectivity index (χ1n) is 6.51. The summed E-state index contributed by atoms with van der Waals surface area (Å²) in [6.45, 7) is 1.97. The molecule has 4 nitrogen and oxygen atoms in total. The van der Waals surface area contributed by atoms with E-state index >= 15 is 0 Å². The molecular weight excluding hydrogens is 252 g/mol. The fraction of sp³-hybridized carbons (Fsp3) is 0.188. The highest BCUT2D eigenvalue weighted by atomic mass is 16.5. The van der Waals surface area contributed by atoms with E-state index in [0.717, 1.165) is 28.4 Å². The predicted molar refractivity (Wildman–Crippen MR) is 78.1 cm³/mol. The molecule has 0 aliphatic heterocycles. The minimum absolute atomic E-state index is 0.143. The number of aromatic amines is 1. The van der Waals surface area contributed by atoms with Gasteiger partial charge in [0.15, 0.2) is 6.10 Å². The van der Waals surface area contributed by atoms with Gasteiger partial charge in [0, 0.05) is 0 Å². The average molecular weight is 268 g/mol. The van der Waals surface area contributed by atoms with Crippen LogP contribution in [0.5, 0.6) is 11.5 Å². The fourth-order valence-electron chi connectivity index (χ4n) is 2.08. The van der Waals surface area contributed by atoms with E-state index in [1.165, 1.54) is 0 Å². The number of fused-ring (bicyclic) bond motifs is 1. The molecule has 0 aliphatic rings. The van der Waals surface area contributed by atoms with Crippen molar-refractivity contribution in [2.45, 2.75) is 13.0 Å². The van der Waals surface area contributed by atoms with Crippen molar-refractivity contribution in [1.82, 2.24) is 9.97 Å². The molecule has 2 aromatic carbocycles. The van der Waals surface area contributed by atoms with Crippen LogP contribution in [0.15, 0.2) is 48.5 Å². The molecule has 0 radical (unpaired) electrons. The molecule has 1 aromatic heterocycles. The van der Waals surface area contributed by atoms with Crippen LogP contribution < -0.4 is 9.47 Å². The van der Waals surface area contributed by atoms with Gasteiger partial charge in [-0.25, -0.2) is 4.98 Å². The first kappa shape index (κ1) is 12.5. The lowest BCUT2D eigenvalue weighted by atomic mass is 10.3.